The van der Waals surface area contributed by atoms with Crippen molar-refractivity contribution in [1.82, 2.24) is 4.90 Å². The zero-order valence-electron chi connectivity index (χ0n) is 16.3. The van der Waals surface area contributed by atoms with Gasteiger partial charge >= 0.3 is 17.9 Å². The van der Waals surface area contributed by atoms with Gasteiger partial charge in [-0.05, 0) is 41.5 Å². The molecule has 0 saturated heterocycles. The van der Waals surface area contributed by atoms with Crippen molar-refractivity contribution in [2.45, 2.75) is 65.6 Å². The second-order valence-electron chi connectivity index (χ2n) is 7.67. The smallest absolute Gasteiger partial charge is 0.328 e. The molecule has 0 aliphatic heterocycles. The number of hydrogen-bond acceptors (Lipinski definition) is 6. The van der Waals surface area contributed by atoms with Crippen LogP contribution in [0.15, 0.2) is 12.2 Å². The molecule has 0 aromatic heterocycles. The van der Waals surface area contributed by atoms with Gasteiger partial charge in [0.05, 0.1) is 12.8 Å². The number of carbonyl (C=O) groups is 4. The summed E-state index contributed by atoms with van der Waals surface area (Å²) in [5, 5.41) is 8.63. The van der Waals surface area contributed by atoms with E-state index in [0.717, 1.165) is 6.08 Å². The van der Waals surface area contributed by atoms with Gasteiger partial charge in [0.1, 0.15) is 11.2 Å². The van der Waals surface area contributed by atoms with Crippen LogP contribution in [0.2, 0.25) is 0 Å². The van der Waals surface area contributed by atoms with Gasteiger partial charge in [0.15, 0.2) is 0 Å². The highest BCUT2D eigenvalue weighted by Crippen LogP contribution is 2.11. The number of hydrogen-bond donors (Lipinski definition) is 1. The van der Waals surface area contributed by atoms with Crippen LogP contribution in [-0.4, -0.2) is 58.1 Å². The van der Waals surface area contributed by atoms with Crippen LogP contribution in [-0.2, 0) is 28.7 Å². The third-order valence-corrected chi connectivity index (χ3v) is 2.69. The van der Waals surface area contributed by atoms with Crippen LogP contribution in [0.5, 0.6) is 0 Å². The van der Waals surface area contributed by atoms with Crippen molar-refractivity contribution in [1.29, 1.82) is 0 Å². The minimum absolute atomic E-state index is 0.000500. The van der Waals surface area contributed by atoms with Crippen molar-refractivity contribution < 1.29 is 33.8 Å². The van der Waals surface area contributed by atoms with Crippen molar-refractivity contribution in [3.05, 3.63) is 12.2 Å². The van der Waals surface area contributed by atoms with Gasteiger partial charge < -0.3 is 19.5 Å². The minimum atomic E-state index is -1.27. The first-order valence-electron chi connectivity index (χ1n) is 8.33. The Labute approximate surface area is 154 Å². The van der Waals surface area contributed by atoms with E-state index in [9.17, 15) is 19.2 Å². The second-order valence-corrected chi connectivity index (χ2v) is 7.67. The number of carboxylic acid groups (broad SMARTS) is 1. The summed E-state index contributed by atoms with van der Waals surface area (Å²) in [4.78, 5) is 47.5. The summed E-state index contributed by atoms with van der Waals surface area (Å²) >= 11 is 0. The maximum Gasteiger partial charge on any atom is 0.328 e. The topological polar surface area (TPSA) is 110 Å². The maximum absolute atomic E-state index is 12.1. The highest BCUT2D eigenvalue weighted by atomic mass is 16.6. The zero-order valence-corrected chi connectivity index (χ0v) is 16.3. The predicted octanol–water partition coefficient (Wildman–Crippen LogP) is 1.92. The van der Waals surface area contributed by atoms with E-state index < -0.39 is 35.0 Å². The van der Waals surface area contributed by atoms with Crippen LogP contribution in [0, 0.1) is 0 Å². The molecule has 0 rings (SSSR count). The molecule has 148 valence electrons. The minimum Gasteiger partial charge on any atom is -0.478 e. The molecule has 1 amide bonds. The lowest BCUT2D eigenvalue weighted by molar-refractivity contribution is -0.155. The van der Waals surface area contributed by atoms with Gasteiger partial charge in [-0.15, -0.1) is 0 Å². The molecule has 0 unspecified atom stereocenters. The number of rotatable bonds is 8. The van der Waals surface area contributed by atoms with E-state index in [0.29, 0.717) is 6.08 Å². The molecule has 0 bridgehead atoms. The number of carboxylic acids is 1. The molecule has 8 nitrogen and oxygen atoms in total. The highest BCUT2D eigenvalue weighted by Gasteiger charge is 2.21. The van der Waals surface area contributed by atoms with E-state index in [4.69, 9.17) is 14.6 Å². The molecule has 0 aliphatic carbocycles. The van der Waals surface area contributed by atoms with Crippen LogP contribution in [0.1, 0.15) is 54.4 Å². The Balaban J connectivity index is 4.85. The van der Waals surface area contributed by atoms with Gasteiger partial charge in [-0.3, -0.25) is 14.4 Å². The second kappa shape index (κ2) is 9.94. The summed E-state index contributed by atoms with van der Waals surface area (Å²) in [5.74, 6) is -2.86. The van der Waals surface area contributed by atoms with E-state index in [1.165, 1.54) is 4.90 Å². The SMILES string of the molecule is CC(C)(C)OC(=O)CCN(CCC(=O)OC(C)(C)C)C(=O)/C=C\C(=O)O. The molecule has 0 spiro atoms. The Kier molecular flexibility index (Phi) is 9.03. The molecule has 0 saturated carbocycles. The van der Waals surface area contributed by atoms with Crippen LogP contribution in [0.4, 0.5) is 0 Å². The summed E-state index contributed by atoms with van der Waals surface area (Å²) in [6.45, 7) is 10.4. The van der Waals surface area contributed by atoms with E-state index in [-0.39, 0.29) is 25.9 Å². The highest BCUT2D eigenvalue weighted by molar-refractivity contribution is 5.94. The third kappa shape index (κ3) is 13.0. The molecule has 0 atom stereocenters. The summed E-state index contributed by atoms with van der Waals surface area (Å²) in [6, 6.07) is 0. The molecule has 0 heterocycles. The van der Waals surface area contributed by atoms with Crippen molar-refractivity contribution in [3.8, 4) is 0 Å². The summed E-state index contributed by atoms with van der Waals surface area (Å²) < 4.78 is 10.4. The molecule has 0 fully saturated rings. The number of amides is 1. The summed E-state index contributed by atoms with van der Waals surface area (Å²) in [6.07, 6.45) is 1.44. The largest absolute Gasteiger partial charge is 0.478 e. The van der Waals surface area contributed by atoms with Gasteiger partial charge in [0.25, 0.3) is 0 Å². The molecular formula is C18H29NO7. The number of ether oxygens (including phenoxy) is 2. The van der Waals surface area contributed by atoms with Crippen LogP contribution >= 0.6 is 0 Å². The Morgan fingerprint density at radius 3 is 1.50 bits per heavy atom. The van der Waals surface area contributed by atoms with Gasteiger partial charge in [-0.2, -0.15) is 0 Å². The lowest BCUT2D eigenvalue weighted by atomic mass is 10.2. The Bertz CT molecular complexity index is 521. The fraction of sp³-hybridized carbons (Fsp3) is 0.667. The first-order valence-corrected chi connectivity index (χ1v) is 8.33. The standard InChI is InChI=1S/C18H29NO7/c1-17(2,3)25-15(23)9-11-19(13(20)7-8-14(21)22)12-10-16(24)26-18(4,5)6/h7-8H,9-12H2,1-6H3,(H,21,22)/b8-7-. The fourth-order valence-corrected chi connectivity index (χ4v) is 1.82. The Morgan fingerprint density at radius 2 is 1.19 bits per heavy atom. The average Bonchev–Trinajstić information content (AvgIpc) is 2.40. The van der Waals surface area contributed by atoms with E-state index in [2.05, 4.69) is 0 Å². The zero-order chi connectivity index (χ0) is 20.5. The number of aliphatic carboxylic acids is 1. The first kappa shape index (κ1) is 23.6. The molecular weight excluding hydrogens is 342 g/mol. The maximum atomic E-state index is 12.1. The van der Waals surface area contributed by atoms with Gasteiger partial charge in [-0.1, -0.05) is 0 Å². The summed E-state index contributed by atoms with van der Waals surface area (Å²) in [7, 11) is 0. The first-order chi connectivity index (χ1) is 11.7. The van der Waals surface area contributed by atoms with E-state index in [1.807, 2.05) is 0 Å². The number of esters is 2. The van der Waals surface area contributed by atoms with E-state index in [1.54, 1.807) is 41.5 Å². The molecule has 8 heteroatoms. The molecule has 1 N–H and O–H groups in total. The Morgan fingerprint density at radius 1 is 0.808 bits per heavy atom. The number of nitrogens with zero attached hydrogens (tertiary/aromatic N) is 1. The summed E-state index contributed by atoms with van der Waals surface area (Å²) in [5.41, 5.74) is -1.29. The Hall–Kier alpha value is -2.38. The predicted molar refractivity (Wildman–Crippen MR) is 94.3 cm³/mol. The lowest BCUT2D eigenvalue weighted by Gasteiger charge is -2.24. The van der Waals surface area contributed by atoms with Crippen LogP contribution < -0.4 is 0 Å². The normalized spacial score (nSPS) is 11.9. The molecule has 0 aromatic carbocycles. The average molecular weight is 371 g/mol. The molecule has 26 heavy (non-hydrogen) atoms. The van der Waals surface area contributed by atoms with Crippen molar-refractivity contribution >= 4 is 23.8 Å². The number of carbonyl (C=O) groups excluding carboxylic acids is 3. The quantitative estimate of drug-likeness (QED) is 0.512. The van der Waals surface area contributed by atoms with Crippen molar-refractivity contribution in [2.24, 2.45) is 0 Å². The van der Waals surface area contributed by atoms with Crippen molar-refractivity contribution in [3.63, 3.8) is 0 Å². The fourth-order valence-electron chi connectivity index (χ4n) is 1.82. The monoisotopic (exact) mass is 371 g/mol. The molecule has 0 aliphatic rings. The van der Waals surface area contributed by atoms with Crippen LogP contribution in [0.3, 0.4) is 0 Å². The van der Waals surface area contributed by atoms with Gasteiger partial charge in [0, 0.05) is 25.2 Å². The third-order valence-electron chi connectivity index (χ3n) is 2.69. The molecule has 0 radical (unpaired) electrons. The van der Waals surface area contributed by atoms with Crippen molar-refractivity contribution in [2.75, 3.05) is 13.1 Å². The van der Waals surface area contributed by atoms with Crippen LogP contribution in [0.25, 0.3) is 0 Å². The van der Waals surface area contributed by atoms with E-state index >= 15 is 0 Å². The van der Waals surface area contributed by atoms with Gasteiger partial charge in [-0.25, -0.2) is 4.79 Å². The van der Waals surface area contributed by atoms with Gasteiger partial charge in [0.2, 0.25) is 5.91 Å². The lowest BCUT2D eigenvalue weighted by Crippen LogP contribution is -2.36. The molecule has 0 aromatic rings.